The van der Waals surface area contributed by atoms with E-state index in [1.165, 1.54) is 19.4 Å². The molecule has 1 rings (SSSR count). The fourth-order valence-corrected chi connectivity index (χ4v) is 2.72. The smallest absolute Gasteiger partial charge is 0.144 e. The van der Waals surface area contributed by atoms with Gasteiger partial charge in [0.1, 0.15) is 5.84 Å². The van der Waals surface area contributed by atoms with Crippen molar-refractivity contribution in [3.05, 3.63) is 0 Å². The van der Waals surface area contributed by atoms with Gasteiger partial charge in [-0.15, -0.1) is 0 Å². The fraction of sp³-hybridized carbons (Fsp3) is 0.929. The Labute approximate surface area is 117 Å². The van der Waals surface area contributed by atoms with Crippen molar-refractivity contribution >= 4 is 5.84 Å². The van der Waals surface area contributed by atoms with Crippen molar-refractivity contribution in [2.45, 2.75) is 45.6 Å². The monoisotopic (exact) mass is 270 g/mol. The van der Waals surface area contributed by atoms with Gasteiger partial charge in [-0.3, -0.25) is 0 Å². The van der Waals surface area contributed by atoms with Gasteiger partial charge in [0.05, 0.1) is 0 Å². The third-order valence-corrected chi connectivity index (χ3v) is 4.34. The van der Waals surface area contributed by atoms with Crippen molar-refractivity contribution in [1.82, 2.24) is 9.80 Å². The lowest BCUT2D eigenvalue weighted by molar-refractivity contribution is 0.213. The summed E-state index contributed by atoms with van der Waals surface area (Å²) in [5.41, 5.74) is 5.48. The van der Waals surface area contributed by atoms with Crippen LogP contribution in [0.3, 0.4) is 0 Å². The first-order valence-electron chi connectivity index (χ1n) is 7.23. The molecule has 1 atom stereocenters. The summed E-state index contributed by atoms with van der Waals surface area (Å²) in [6.45, 7) is 7.47. The van der Waals surface area contributed by atoms with E-state index >= 15 is 0 Å². The molecular weight excluding hydrogens is 240 g/mol. The van der Waals surface area contributed by atoms with E-state index in [0.29, 0.717) is 11.9 Å². The Morgan fingerprint density at radius 2 is 2.21 bits per heavy atom. The van der Waals surface area contributed by atoms with E-state index < -0.39 is 0 Å². The molecule has 1 fully saturated rings. The Kier molecular flexibility index (Phi) is 6.07. The van der Waals surface area contributed by atoms with E-state index in [1.54, 1.807) is 0 Å². The van der Waals surface area contributed by atoms with Crippen LogP contribution in [0.25, 0.3) is 0 Å². The maximum absolute atomic E-state index is 8.74. The maximum atomic E-state index is 8.74. The van der Waals surface area contributed by atoms with Gasteiger partial charge in [-0.1, -0.05) is 19.0 Å². The number of hydrogen-bond acceptors (Lipinski definition) is 4. The van der Waals surface area contributed by atoms with E-state index in [4.69, 9.17) is 10.9 Å². The van der Waals surface area contributed by atoms with Crippen LogP contribution >= 0.6 is 0 Å². The van der Waals surface area contributed by atoms with Crippen molar-refractivity contribution in [2.24, 2.45) is 16.3 Å². The zero-order valence-electron chi connectivity index (χ0n) is 12.9. The zero-order chi connectivity index (χ0) is 14.5. The summed E-state index contributed by atoms with van der Waals surface area (Å²) in [4.78, 5) is 4.85. The largest absolute Gasteiger partial charge is 0.409 e. The highest BCUT2D eigenvalue weighted by molar-refractivity contribution is 5.85. The molecule has 3 N–H and O–H groups in total. The number of nitrogens with zero attached hydrogens (tertiary/aromatic N) is 3. The molecule has 0 aliphatic carbocycles. The average Bonchev–Trinajstić information content (AvgIpc) is 2.73. The zero-order valence-corrected chi connectivity index (χ0v) is 12.9. The van der Waals surface area contributed by atoms with Gasteiger partial charge in [0.25, 0.3) is 0 Å². The van der Waals surface area contributed by atoms with Crippen LogP contribution in [-0.4, -0.2) is 60.6 Å². The second-order valence-electron chi connectivity index (χ2n) is 6.51. The second-order valence-corrected chi connectivity index (χ2v) is 6.51. The Balaban J connectivity index is 2.25. The summed E-state index contributed by atoms with van der Waals surface area (Å²) in [6.07, 6.45) is 4.64. The SMILES string of the molecule is CN(CCCC(C)(C)C(N)=NO)CC1CCCN1C. The molecule has 1 aliphatic rings. The van der Waals surface area contributed by atoms with E-state index in [0.717, 1.165) is 25.9 Å². The van der Waals surface area contributed by atoms with Crippen molar-refractivity contribution in [3.63, 3.8) is 0 Å². The molecule has 0 amide bonds. The van der Waals surface area contributed by atoms with Crippen LogP contribution in [0.4, 0.5) is 0 Å². The molecule has 0 aromatic carbocycles. The van der Waals surface area contributed by atoms with E-state index in [2.05, 4.69) is 29.1 Å². The molecule has 0 spiro atoms. The minimum atomic E-state index is -0.222. The number of nitrogens with two attached hydrogens (primary N) is 1. The number of likely N-dealkylation sites (N-methyl/N-ethyl adjacent to an activating group) is 2. The molecule has 1 heterocycles. The first-order chi connectivity index (χ1) is 8.86. The van der Waals surface area contributed by atoms with Gasteiger partial charge < -0.3 is 20.7 Å². The molecule has 19 heavy (non-hydrogen) atoms. The number of likely N-dealkylation sites (tertiary alicyclic amines) is 1. The normalized spacial score (nSPS) is 22.4. The van der Waals surface area contributed by atoms with Crippen molar-refractivity contribution < 1.29 is 5.21 Å². The quantitative estimate of drug-likeness (QED) is 0.319. The van der Waals surface area contributed by atoms with Gasteiger partial charge >= 0.3 is 0 Å². The first-order valence-corrected chi connectivity index (χ1v) is 7.23. The topological polar surface area (TPSA) is 65.1 Å². The Morgan fingerprint density at radius 1 is 1.53 bits per heavy atom. The van der Waals surface area contributed by atoms with Gasteiger partial charge in [-0.25, -0.2) is 0 Å². The van der Waals surface area contributed by atoms with Gasteiger partial charge in [0.15, 0.2) is 0 Å². The number of hydrogen-bond donors (Lipinski definition) is 2. The molecule has 5 nitrogen and oxygen atoms in total. The molecule has 1 saturated heterocycles. The van der Waals surface area contributed by atoms with Crippen molar-refractivity contribution in [1.29, 1.82) is 0 Å². The molecule has 0 radical (unpaired) electrons. The lowest BCUT2D eigenvalue weighted by Crippen LogP contribution is -2.37. The lowest BCUT2D eigenvalue weighted by Gasteiger charge is -2.27. The van der Waals surface area contributed by atoms with Crippen LogP contribution in [0, 0.1) is 5.41 Å². The third-order valence-electron chi connectivity index (χ3n) is 4.34. The summed E-state index contributed by atoms with van der Waals surface area (Å²) < 4.78 is 0. The van der Waals surface area contributed by atoms with Crippen molar-refractivity contribution in [3.8, 4) is 0 Å². The van der Waals surface area contributed by atoms with Crippen LogP contribution in [0.1, 0.15) is 39.5 Å². The van der Waals surface area contributed by atoms with Crippen LogP contribution < -0.4 is 5.73 Å². The first kappa shape index (κ1) is 16.2. The molecule has 5 heteroatoms. The number of rotatable bonds is 7. The summed E-state index contributed by atoms with van der Waals surface area (Å²) >= 11 is 0. The molecule has 112 valence electrons. The van der Waals surface area contributed by atoms with Crippen LogP contribution in [0.5, 0.6) is 0 Å². The molecule has 0 saturated carbocycles. The number of amidine groups is 1. The van der Waals surface area contributed by atoms with Gasteiger partial charge in [-0.2, -0.15) is 0 Å². The summed E-state index contributed by atoms with van der Waals surface area (Å²) in [5, 5.41) is 11.9. The fourth-order valence-electron chi connectivity index (χ4n) is 2.72. The Bertz CT molecular complexity index is 304. The standard InChI is InChI=1S/C14H30N4O/c1-14(2,13(15)16-19)8-6-9-17(3)11-12-7-5-10-18(12)4/h12,19H,5-11H2,1-4H3,(H2,15,16). The van der Waals surface area contributed by atoms with Crippen molar-refractivity contribution in [2.75, 3.05) is 33.7 Å². The maximum Gasteiger partial charge on any atom is 0.144 e. The van der Waals surface area contributed by atoms with Crippen LogP contribution in [0.15, 0.2) is 5.16 Å². The number of oxime groups is 1. The predicted molar refractivity (Wildman–Crippen MR) is 79.6 cm³/mol. The molecular formula is C14H30N4O. The predicted octanol–water partition coefficient (Wildman–Crippen LogP) is 1.57. The van der Waals surface area contributed by atoms with Gasteiger partial charge in [0, 0.05) is 18.0 Å². The van der Waals surface area contributed by atoms with E-state index in [-0.39, 0.29) is 5.41 Å². The lowest BCUT2D eigenvalue weighted by atomic mass is 9.86. The summed E-state index contributed by atoms with van der Waals surface area (Å²) in [7, 11) is 4.40. The summed E-state index contributed by atoms with van der Waals surface area (Å²) in [6, 6.07) is 0.710. The second kappa shape index (κ2) is 7.10. The molecule has 1 unspecified atom stereocenters. The highest BCUT2D eigenvalue weighted by atomic mass is 16.4. The van der Waals surface area contributed by atoms with E-state index in [1.807, 2.05) is 13.8 Å². The molecule has 0 bridgehead atoms. The molecule has 1 aliphatic heterocycles. The molecule has 0 aromatic rings. The Hall–Kier alpha value is -0.810. The summed E-state index contributed by atoms with van der Waals surface area (Å²) in [5.74, 6) is 0.325. The van der Waals surface area contributed by atoms with Crippen LogP contribution in [-0.2, 0) is 0 Å². The molecule has 0 aromatic heterocycles. The third kappa shape index (κ3) is 4.99. The highest BCUT2D eigenvalue weighted by Gasteiger charge is 2.24. The Morgan fingerprint density at radius 3 is 2.74 bits per heavy atom. The highest BCUT2D eigenvalue weighted by Crippen LogP contribution is 2.22. The van der Waals surface area contributed by atoms with Gasteiger partial charge in [-0.05, 0) is 52.9 Å². The minimum Gasteiger partial charge on any atom is -0.409 e. The van der Waals surface area contributed by atoms with Crippen LogP contribution in [0.2, 0.25) is 0 Å². The van der Waals surface area contributed by atoms with E-state index in [9.17, 15) is 0 Å². The van der Waals surface area contributed by atoms with Gasteiger partial charge in [0.2, 0.25) is 0 Å². The minimum absolute atomic E-state index is 0.222. The average molecular weight is 270 g/mol.